The van der Waals surface area contributed by atoms with Gasteiger partial charge >= 0.3 is 0 Å². The van der Waals surface area contributed by atoms with Crippen molar-refractivity contribution in [3.63, 3.8) is 0 Å². The van der Waals surface area contributed by atoms with Crippen molar-refractivity contribution in [2.75, 3.05) is 0 Å². The molecule has 3 aromatic carbocycles. The first-order valence-corrected chi connectivity index (χ1v) is 8.37. The van der Waals surface area contributed by atoms with Crippen molar-refractivity contribution in [2.45, 2.75) is 6.92 Å². The predicted octanol–water partition coefficient (Wildman–Crippen LogP) is 7.13. The fourth-order valence-corrected chi connectivity index (χ4v) is 3.06. The smallest absolute Gasteiger partial charge is 0.0105 e. The second-order valence-corrected chi connectivity index (χ2v) is 6.21. The molecule has 0 radical (unpaired) electrons. The monoisotopic (exact) mass is 322 g/mol. The standard InChI is InChI=1S/C25H22/c1-5-6-10-19(3)20(4)22-15-18(2)16-23(17-22)25-14-9-12-21-11-7-8-13-24(21)25/h5-17H,1,3-4H2,2H3/b10-6-. The van der Waals surface area contributed by atoms with Gasteiger partial charge in [0.25, 0.3) is 0 Å². The molecule has 0 fully saturated rings. The van der Waals surface area contributed by atoms with E-state index in [0.717, 1.165) is 16.7 Å². The molecule has 0 saturated carbocycles. The summed E-state index contributed by atoms with van der Waals surface area (Å²) in [5, 5.41) is 2.51. The third-order valence-electron chi connectivity index (χ3n) is 4.35. The summed E-state index contributed by atoms with van der Waals surface area (Å²) >= 11 is 0. The molecule has 0 heteroatoms. The molecule has 3 rings (SSSR count). The largest absolute Gasteiger partial charge is 0.0991 e. The summed E-state index contributed by atoms with van der Waals surface area (Å²) in [6, 6.07) is 21.5. The lowest BCUT2D eigenvalue weighted by Gasteiger charge is -2.12. The van der Waals surface area contributed by atoms with E-state index in [4.69, 9.17) is 0 Å². The first-order chi connectivity index (χ1) is 12.1. The molecule has 122 valence electrons. The average Bonchev–Trinajstić information content (AvgIpc) is 2.64. The van der Waals surface area contributed by atoms with Crippen LogP contribution in [0.4, 0.5) is 0 Å². The Bertz CT molecular complexity index is 994. The van der Waals surface area contributed by atoms with Crippen LogP contribution < -0.4 is 0 Å². The highest BCUT2D eigenvalue weighted by atomic mass is 14.1. The number of benzene rings is 3. The van der Waals surface area contributed by atoms with Crippen molar-refractivity contribution in [1.82, 2.24) is 0 Å². The van der Waals surface area contributed by atoms with Crippen LogP contribution >= 0.6 is 0 Å². The molecular formula is C25H22. The van der Waals surface area contributed by atoms with Crippen LogP contribution in [0.3, 0.4) is 0 Å². The summed E-state index contributed by atoms with van der Waals surface area (Å²) in [7, 11) is 0. The fraction of sp³-hybridized carbons (Fsp3) is 0.0400. The average molecular weight is 322 g/mol. The maximum Gasteiger partial charge on any atom is -0.0105 e. The zero-order valence-electron chi connectivity index (χ0n) is 14.6. The zero-order valence-corrected chi connectivity index (χ0v) is 14.6. The Morgan fingerprint density at radius 1 is 0.920 bits per heavy atom. The van der Waals surface area contributed by atoms with Crippen molar-refractivity contribution in [1.29, 1.82) is 0 Å². The number of aryl methyl sites for hydroxylation is 1. The first-order valence-electron chi connectivity index (χ1n) is 8.37. The van der Waals surface area contributed by atoms with Gasteiger partial charge in [-0.3, -0.25) is 0 Å². The lowest BCUT2D eigenvalue weighted by atomic mass is 9.92. The molecule has 0 aliphatic carbocycles. The highest BCUT2D eigenvalue weighted by Crippen LogP contribution is 2.32. The number of hydrogen-bond acceptors (Lipinski definition) is 0. The molecule has 0 aromatic heterocycles. The Morgan fingerprint density at radius 2 is 1.68 bits per heavy atom. The van der Waals surface area contributed by atoms with E-state index in [0.29, 0.717) is 0 Å². The zero-order chi connectivity index (χ0) is 17.8. The summed E-state index contributed by atoms with van der Waals surface area (Å²) in [4.78, 5) is 0. The van der Waals surface area contributed by atoms with Gasteiger partial charge in [-0.05, 0) is 57.2 Å². The van der Waals surface area contributed by atoms with Crippen LogP contribution in [-0.2, 0) is 0 Å². The Kier molecular flexibility index (Phi) is 4.81. The fourth-order valence-electron chi connectivity index (χ4n) is 3.06. The molecule has 0 unspecified atom stereocenters. The van der Waals surface area contributed by atoms with Crippen LogP contribution in [0.15, 0.2) is 104 Å². The summed E-state index contributed by atoms with van der Waals surface area (Å²) in [6.07, 6.45) is 5.57. The van der Waals surface area contributed by atoms with E-state index in [1.54, 1.807) is 6.08 Å². The van der Waals surface area contributed by atoms with E-state index in [9.17, 15) is 0 Å². The van der Waals surface area contributed by atoms with E-state index < -0.39 is 0 Å². The van der Waals surface area contributed by atoms with E-state index in [-0.39, 0.29) is 0 Å². The van der Waals surface area contributed by atoms with Gasteiger partial charge in [-0.25, -0.2) is 0 Å². The van der Waals surface area contributed by atoms with Gasteiger partial charge in [0, 0.05) is 0 Å². The van der Waals surface area contributed by atoms with Crippen molar-refractivity contribution in [3.05, 3.63) is 115 Å². The van der Waals surface area contributed by atoms with Crippen LogP contribution in [0.1, 0.15) is 11.1 Å². The lowest BCUT2D eigenvalue weighted by Crippen LogP contribution is -1.90. The van der Waals surface area contributed by atoms with E-state index in [1.807, 2.05) is 12.2 Å². The van der Waals surface area contributed by atoms with Crippen LogP contribution in [0.5, 0.6) is 0 Å². The number of hydrogen-bond donors (Lipinski definition) is 0. The van der Waals surface area contributed by atoms with Gasteiger partial charge in [0.05, 0.1) is 0 Å². The minimum absolute atomic E-state index is 0.898. The van der Waals surface area contributed by atoms with Gasteiger partial charge in [-0.15, -0.1) is 0 Å². The molecule has 0 spiro atoms. The predicted molar refractivity (Wildman–Crippen MR) is 112 cm³/mol. The second kappa shape index (κ2) is 7.19. The molecule has 0 aliphatic rings. The maximum atomic E-state index is 4.23. The topological polar surface area (TPSA) is 0 Å². The highest BCUT2D eigenvalue weighted by Gasteiger charge is 2.08. The Morgan fingerprint density at radius 3 is 2.48 bits per heavy atom. The Balaban J connectivity index is 2.11. The Hall–Kier alpha value is -3.12. The quantitative estimate of drug-likeness (QED) is 0.438. The number of rotatable bonds is 5. The molecule has 0 bridgehead atoms. The molecular weight excluding hydrogens is 300 g/mol. The molecule has 0 nitrogen and oxygen atoms in total. The van der Waals surface area contributed by atoms with Crippen molar-refractivity contribution < 1.29 is 0 Å². The summed E-state index contributed by atoms with van der Waals surface area (Å²) in [5.74, 6) is 0. The van der Waals surface area contributed by atoms with Gasteiger partial charge in [-0.2, -0.15) is 0 Å². The van der Waals surface area contributed by atoms with E-state index in [1.165, 1.54) is 27.5 Å². The SMILES string of the molecule is C=C/C=C\C(=C)C(=C)c1cc(C)cc(-c2cccc3ccccc23)c1. The van der Waals surface area contributed by atoms with Gasteiger partial charge < -0.3 is 0 Å². The van der Waals surface area contributed by atoms with Crippen LogP contribution in [0.2, 0.25) is 0 Å². The minimum Gasteiger partial charge on any atom is -0.0991 e. The molecule has 0 saturated heterocycles. The van der Waals surface area contributed by atoms with E-state index in [2.05, 4.69) is 87.3 Å². The molecule has 0 atom stereocenters. The van der Waals surface area contributed by atoms with Crippen LogP contribution in [0, 0.1) is 6.92 Å². The summed E-state index contributed by atoms with van der Waals surface area (Å²) in [5.41, 5.74) is 6.58. The highest BCUT2D eigenvalue weighted by molar-refractivity contribution is 5.97. The summed E-state index contributed by atoms with van der Waals surface area (Å²) in [6.45, 7) is 14.2. The Labute approximate surface area is 150 Å². The molecule has 3 aromatic rings. The van der Waals surface area contributed by atoms with Gasteiger partial charge in [0.1, 0.15) is 0 Å². The van der Waals surface area contributed by atoms with Crippen molar-refractivity contribution >= 4 is 16.3 Å². The van der Waals surface area contributed by atoms with Gasteiger partial charge in [-0.1, -0.05) is 92.6 Å². The van der Waals surface area contributed by atoms with E-state index >= 15 is 0 Å². The van der Waals surface area contributed by atoms with Crippen molar-refractivity contribution in [2.24, 2.45) is 0 Å². The molecule has 0 amide bonds. The minimum atomic E-state index is 0.898. The molecule has 0 N–H and O–H groups in total. The molecule has 0 heterocycles. The van der Waals surface area contributed by atoms with Gasteiger partial charge in [0.15, 0.2) is 0 Å². The number of allylic oxidation sites excluding steroid dienone is 5. The normalized spacial score (nSPS) is 10.9. The molecule has 25 heavy (non-hydrogen) atoms. The summed E-state index contributed by atoms with van der Waals surface area (Å²) < 4.78 is 0. The third kappa shape index (κ3) is 3.54. The number of fused-ring (bicyclic) bond motifs is 1. The lowest BCUT2D eigenvalue weighted by molar-refractivity contribution is 1.44. The van der Waals surface area contributed by atoms with Crippen molar-refractivity contribution in [3.8, 4) is 11.1 Å². The third-order valence-corrected chi connectivity index (χ3v) is 4.35. The van der Waals surface area contributed by atoms with Gasteiger partial charge in [0.2, 0.25) is 0 Å². The molecule has 0 aliphatic heterocycles. The maximum absolute atomic E-state index is 4.23. The van der Waals surface area contributed by atoms with Crippen LogP contribution in [-0.4, -0.2) is 0 Å². The first kappa shape index (κ1) is 16.7. The second-order valence-electron chi connectivity index (χ2n) is 6.21. The van der Waals surface area contributed by atoms with Crippen LogP contribution in [0.25, 0.3) is 27.5 Å².